The van der Waals surface area contributed by atoms with E-state index in [1.54, 1.807) is 14.2 Å². The first-order chi connectivity index (χ1) is 14.2. The molecule has 0 amide bonds. The highest BCUT2D eigenvalue weighted by molar-refractivity contribution is 14.0. The number of piperidine rings is 1. The number of nitrogens with zero attached hydrogens (tertiary/aromatic N) is 2. The molecule has 30 heavy (non-hydrogen) atoms. The molecule has 1 unspecified atom stereocenters. The van der Waals surface area contributed by atoms with Crippen LogP contribution in [0.3, 0.4) is 0 Å². The first-order valence-electron chi connectivity index (χ1n) is 10.6. The quantitative estimate of drug-likeness (QED) is 0.329. The average Bonchev–Trinajstić information content (AvgIpc) is 2.79. The Bertz CT molecular complexity index is 660. The molecule has 8 heteroatoms. The number of hydrogen-bond acceptors (Lipinski definition) is 5. The number of methoxy groups -OCH3 is 2. The zero-order valence-corrected chi connectivity index (χ0v) is 20.7. The van der Waals surface area contributed by atoms with Crippen LogP contribution in [0.2, 0.25) is 0 Å². The van der Waals surface area contributed by atoms with Gasteiger partial charge in [0.2, 0.25) is 0 Å². The van der Waals surface area contributed by atoms with Gasteiger partial charge in [0.15, 0.2) is 17.5 Å². The predicted molar refractivity (Wildman–Crippen MR) is 129 cm³/mol. The molecular weight excluding hydrogens is 497 g/mol. The molecule has 2 heterocycles. The molecule has 2 fully saturated rings. The average molecular weight is 533 g/mol. The summed E-state index contributed by atoms with van der Waals surface area (Å²) < 4.78 is 22.6. The number of guanidine groups is 1. The number of halogens is 1. The summed E-state index contributed by atoms with van der Waals surface area (Å²) in [7, 11) is 5.13. The minimum Gasteiger partial charge on any atom is -0.493 e. The van der Waals surface area contributed by atoms with Crippen LogP contribution >= 0.6 is 24.0 Å². The van der Waals surface area contributed by atoms with Gasteiger partial charge < -0.3 is 29.2 Å². The van der Waals surface area contributed by atoms with Crippen molar-refractivity contribution in [1.82, 2.24) is 10.2 Å². The number of aliphatic imine (C=N–C) groups is 1. The molecule has 0 bridgehead atoms. The summed E-state index contributed by atoms with van der Waals surface area (Å²) in [6, 6.07) is 5.96. The standard InChI is InChI=1S/C22H35N3O4.HI/c1-23-22(24-15-17-7-8-20(26-2)21(14-17)27-3)25-11-9-18(10-12-25)29-16-19-6-4-5-13-28-19;/h7-8,14,18-19H,4-6,9-13,15-16H2,1-3H3,(H,23,24);1H. The summed E-state index contributed by atoms with van der Waals surface area (Å²) in [4.78, 5) is 6.77. The molecule has 0 aliphatic carbocycles. The van der Waals surface area contributed by atoms with E-state index in [0.717, 1.165) is 68.6 Å². The van der Waals surface area contributed by atoms with Crippen molar-refractivity contribution >= 4 is 29.9 Å². The predicted octanol–water partition coefficient (Wildman–Crippen LogP) is 3.45. The fraction of sp³-hybridized carbons (Fsp3) is 0.682. The van der Waals surface area contributed by atoms with E-state index in [1.165, 1.54) is 12.8 Å². The van der Waals surface area contributed by atoms with Crippen molar-refractivity contribution < 1.29 is 18.9 Å². The van der Waals surface area contributed by atoms with Gasteiger partial charge in [0.25, 0.3) is 0 Å². The molecule has 170 valence electrons. The molecule has 3 rings (SSSR count). The maximum atomic E-state index is 6.12. The number of hydrogen-bond donors (Lipinski definition) is 1. The summed E-state index contributed by atoms with van der Waals surface area (Å²) in [5, 5.41) is 3.46. The summed E-state index contributed by atoms with van der Waals surface area (Å²) in [6.07, 6.45) is 6.22. The van der Waals surface area contributed by atoms with Crippen molar-refractivity contribution in [2.75, 3.05) is 47.6 Å². The second kappa shape index (κ2) is 13.2. The minimum atomic E-state index is 0. The number of rotatable bonds is 7. The van der Waals surface area contributed by atoms with Crippen LogP contribution in [0.1, 0.15) is 37.7 Å². The van der Waals surface area contributed by atoms with Gasteiger partial charge in [0.1, 0.15) is 0 Å². The summed E-state index contributed by atoms with van der Waals surface area (Å²) >= 11 is 0. The van der Waals surface area contributed by atoms with Crippen molar-refractivity contribution in [1.29, 1.82) is 0 Å². The van der Waals surface area contributed by atoms with Gasteiger partial charge in [-0.1, -0.05) is 6.07 Å². The van der Waals surface area contributed by atoms with Crippen molar-refractivity contribution in [3.8, 4) is 11.5 Å². The van der Waals surface area contributed by atoms with Gasteiger partial charge in [-0.05, 0) is 49.8 Å². The van der Waals surface area contributed by atoms with E-state index < -0.39 is 0 Å². The van der Waals surface area contributed by atoms with Crippen LogP contribution in [0.5, 0.6) is 11.5 Å². The van der Waals surface area contributed by atoms with Gasteiger partial charge in [-0.3, -0.25) is 4.99 Å². The van der Waals surface area contributed by atoms with E-state index in [2.05, 4.69) is 15.2 Å². The van der Waals surface area contributed by atoms with Crippen LogP contribution in [0.25, 0.3) is 0 Å². The van der Waals surface area contributed by atoms with E-state index in [-0.39, 0.29) is 30.1 Å². The van der Waals surface area contributed by atoms with Gasteiger partial charge in [-0.25, -0.2) is 0 Å². The zero-order chi connectivity index (χ0) is 20.5. The lowest BCUT2D eigenvalue weighted by Crippen LogP contribution is -2.47. The molecule has 1 aromatic rings. The lowest BCUT2D eigenvalue weighted by molar-refractivity contribution is -0.0721. The van der Waals surface area contributed by atoms with Crippen LogP contribution in [-0.4, -0.2) is 70.6 Å². The first kappa shape index (κ1) is 25.0. The maximum absolute atomic E-state index is 6.12. The van der Waals surface area contributed by atoms with Crippen LogP contribution in [-0.2, 0) is 16.0 Å². The largest absolute Gasteiger partial charge is 0.493 e. The van der Waals surface area contributed by atoms with Crippen molar-refractivity contribution in [3.63, 3.8) is 0 Å². The molecular formula is C22H36IN3O4. The Kier molecular flexibility index (Phi) is 11.0. The summed E-state index contributed by atoms with van der Waals surface area (Å²) in [5.41, 5.74) is 1.12. The molecule has 0 saturated carbocycles. The van der Waals surface area contributed by atoms with Gasteiger partial charge in [-0.2, -0.15) is 0 Å². The monoisotopic (exact) mass is 533 g/mol. The Balaban J connectivity index is 0.00000320. The van der Waals surface area contributed by atoms with Gasteiger partial charge in [0.05, 0.1) is 33.0 Å². The molecule has 1 aromatic carbocycles. The fourth-order valence-corrected chi connectivity index (χ4v) is 3.92. The third-order valence-corrected chi connectivity index (χ3v) is 5.64. The molecule has 0 spiro atoms. The highest BCUT2D eigenvalue weighted by Crippen LogP contribution is 2.27. The van der Waals surface area contributed by atoms with Crippen LogP contribution < -0.4 is 14.8 Å². The Morgan fingerprint density at radius 1 is 1.13 bits per heavy atom. The Labute approximate surface area is 197 Å². The zero-order valence-electron chi connectivity index (χ0n) is 18.4. The second-order valence-corrected chi connectivity index (χ2v) is 7.60. The third-order valence-electron chi connectivity index (χ3n) is 5.64. The Hall–Kier alpha value is -1.26. The number of benzene rings is 1. The number of nitrogens with one attached hydrogen (secondary N) is 1. The van der Waals surface area contributed by atoms with E-state index >= 15 is 0 Å². The molecule has 1 N–H and O–H groups in total. The van der Waals surface area contributed by atoms with Crippen molar-refractivity contribution in [2.45, 2.75) is 50.9 Å². The minimum absolute atomic E-state index is 0. The van der Waals surface area contributed by atoms with Gasteiger partial charge in [0, 0.05) is 33.3 Å². The highest BCUT2D eigenvalue weighted by Gasteiger charge is 2.23. The summed E-state index contributed by atoms with van der Waals surface area (Å²) in [6.45, 7) is 4.19. The molecule has 7 nitrogen and oxygen atoms in total. The van der Waals surface area contributed by atoms with Crippen LogP contribution in [0.15, 0.2) is 23.2 Å². The third kappa shape index (κ3) is 7.16. The van der Waals surface area contributed by atoms with Crippen LogP contribution in [0, 0.1) is 0 Å². The topological polar surface area (TPSA) is 64.6 Å². The SMILES string of the molecule is CN=C(NCc1ccc(OC)c(OC)c1)N1CCC(OCC2CCCCO2)CC1.I. The normalized spacial score (nSPS) is 20.4. The Morgan fingerprint density at radius 3 is 2.53 bits per heavy atom. The second-order valence-electron chi connectivity index (χ2n) is 7.60. The molecule has 1 atom stereocenters. The van der Waals surface area contributed by atoms with Crippen LogP contribution in [0.4, 0.5) is 0 Å². The van der Waals surface area contributed by atoms with E-state index in [0.29, 0.717) is 12.6 Å². The number of likely N-dealkylation sites (tertiary alicyclic amines) is 1. The Morgan fingerprint density at radius 2 is 1.90 bits per heavy atom. The molecule has 0 radical (unpaired) electrons. The lowest BCUT2D eigenvalue weighted by atomic mass is 10.1. The van der Waals surface area contributed by atoms with Gasteiger partial charge >= 0.3 is 0 Å². The summed E-state index contributed by atoms with van der Waals surface area (Å²) in [5.74, 6) is 2.40. The van der Waals surface area contributed by atoms with Crippen molar-refractivity contribution in [3.05, 3.63) is 23.8 Å². The maximum Gasteiger partial charge on any atom is 0.193 e. The molecule has 2 aliphatic heterocycles. The van der Waals surface area contributed by atoms with E-state index in [1.807, 2.05) is 25.2 Å². The van der Waals surface area contributed by atoms with E-state index in [4.69, 9.17) is 18.9 Å². The fourth-order valence-electron chi connectivity index (χ4n) is 3.92. The lowest BCUT2D eigenvalue weighted by Gasteiger charge is -2.35. The van der Waals surface area contributed by atoms with Gasteiger partial charge in [-0.15, -0.1) is 24.0 Å². The highest BCUT2D eigenvalue weighted by atomic mass is 127. The molecule has 2 saturated heterocycles. The molecule has 2 aliphatic rings. The van der Waals surface area contributed by atoms with E-state index in [9.17, 15) is 0 Å². The molecule has 0 aromatic heterocycles. The number of ether oxygens (including phenoxy) is 4. The first-order valence-corrected chi connectivity index (χ1v) is 10.6. The van der Waals surface area contributed by atoms with Crippen molar-refractivity contribution in [2.24, 2.45) is 4.99 Å². The smallest absolute Gasteiger partial charge is 0.193 e.